The van der Waals surface area contributed by atoms with Gasteiger partial charge in [-0.25, -0.2) is 0 Å². The van der Waals surface area contributed by atoms with E-state index in [0.717, 1.165) is 131 Å². The smallest absolute Gasteiger partial charge is 0.0236 e. The lowest BCUT2D eigenvalue weighted by Crippen LogP contribution is -2.44. The molecule has 10 aliphatic heterocycles. The van der Waals surface area contributed by atoms with Crippen molar-refractivity contribution in [1.82, 2.24) is 49.0 Å². The molecule has 10 heteroatoms. The summed E-state index contributed by atoms with van der Waals surface area (Å²) in [7, 11) is 22.6. The van der Waals surface area contributed by atoms with E-state index in [1.165, 1.54) is 301 Å². The van der Waals surface area contributed by atoms with Gasteiger partial charge in [0.2, 0.25) is 0 Å². The number of piperidine rings is 2. The van der Waals surface area contributed by atoms with Gasteiger partial charge < -0.3 is 44.1 Å². The van der Waals surface area contributed by atoms with Crippen LogP contribution in [0, 0.1) is 58.2 Å². The second-order valence-corrected chi connectivity index (χ2v) is 40.4. The van der Waals surface area contributed by atoms with E-state index in [-0.39, 0.29) is 0 Å². The van der Waals surface area contributed by atoms with Gasteiger partial charge in [0.05, 0.1) is 0 Å². The Bertz CT molecular complexity index is 2370. The first kappa shape index (κ1) is 86.8. The number of likely N-dealkylation sites (N-methyl/N-ethyl adjacent to an activating group) is 1. The lowest BCUT2D eigenvalue weighted by molar-refractivity contribution is 0.0650. The molecule has 1 aromatic rings. The summed E-state index contributed by atoms with van der Waals surface area (Å²) in [5.41, 5.74) is 4.53. The Kier molecular flexibility index (Phi) is 35.1. The third-order valence-electron chi connectivity index (χ3n) is 33.1. The van der Waals surface area contributed by atoms with E-state index >= 15 is 0 Å². The molecule has 7 aliphatic carbocycles. The van der Waals surface area contributed by atoms with Crippen molar-refractivity contribution in [1.29, 1.82) is 0 Å². The third-order valence-corrected chi connectivity index (χ3v) is 33.1. The van der Waals surface area contributed by atoms with Gasteiger partial charge in [-0.05, 0) is 370 Å². The maximum Gasteiger partial charge on any atom is 0.0236 e. The standard InChI is InChI=1S/C11H21N.C11H15N.C11H21N.3C10H19N.2C9H17N.C7H15N.C6H13N/c2*1-9-7-10-5-3-4-6-11(10)8-12(9)2;1-10-8-11(9-12(10)2)6-4-3-5-7-11;1-9-7-10(8-11(9)2)5-3-4-6-10;1-8-10-6-4-3-5-9(10)7-11(8)2;1-8-7-9-5-3-4-6-10(9)11(8)2;1-7-9-5-3-4-8(9)6-10(7)2;1-7-6-8-4-3-5-9(8)10(7)2;1-7-5-3-4-6-8(7)2;1-6-4-3-5-7(6)2/h9-11H,3-8H2,1-2H3;3-6,9H,7-8H2,1-2H3;10H,3-9H2,1-2H3;9H,3-8H2,1-2H3;2*8-10H,3-7H2,1-2H3;2*7-9H,3-6H2,1-2H3;7H,3-6H2,1-2H3;6H,3-5H2,1-2H3. The fraction of sp³-hybridized carbons (Fsp3) is 0.936. The zero-order valence-corrected chi connectivity index (χ0v) is 72.9. The predicted octanol–water partition coefficient (Wildman–Crippen LogP) is 20.1. The molecule has 20 atom stereocenters. The number of likely N-dealkylation sites (tertiary alicyclic amines) is 9. The van der Waals surface area contributed by atoms with Gasteiger partial charge in [-0.3, -0.25) is 4.90 Å². The minimum absolute atomic E-state index is 0.694. The number of fused-ring (bicyclic) bond motifs is 6. The van der Waals surface area contributed by atoms with Crippen LogP contribution >= 0.6 is 0 Å². The van der Waals surface area contributed by atoms with Gasteiger partial charge in [0.1, 0.15) is 0 Å². The van der Waals surface area contributed by atoms with Crippen LogP contribution in [-0.2, 0) is 13.0 Å². The fourth-order valence-electron chi connectivity index (χ4n) is 24.8. The van der Waals surface area contributed by atoms with E-state index in [1.54, 1.807) is 0 Å². The van der Waals surface area contributed by atoms with E-state index in [2.05, 4.69) is 213 Å². The lowest BCUT2D eigenvalue weighted by atomic mass is 9.73. The van der Waals surface area contributed by atoms with E-state index < -0.39 is 0 Å². The molecule has 10 nitrogen and oxygen atoms in total. The molecular weight excluding hydrogens is 1270 g/mol. The summed E-state index contributed by atoms with van der Waals surface area (Å²) in [5, 5.41) is 0. The first-order valence-corrected chi connectivity index (χ1v) is 45.9. The highest BCUT2D eigenvalue weighted by atomic mass is 15.2. The van der Waals surface area contributed by atoms with Crippen molar-refractivity contribution in [3.8, 4) is 0 Å². The largest absolute Gasteiger partial charge is 0.304 e. The summed E-state index contributed by atoms with van der Waals surface area (Å²) in [6.07, 6.45) is 55.8. The zero-order chi connectivity index (χ0) is 74.8. The Morgan fingerprint density at radius 2 is 0.683 bits per heavy atom. The Balaban J connectivity index is 0.000000134. The minimum Gasteiger partial charge on any atom is -0.304 e. The Labute approximate surface area is 647 Å². The number of rotatable bonds is 0. The van der Waals surface area contributed by atoms with Crippen LogP contribution in [-0.4, -0.2) is 238 Å². The van der Waals surface area contributed by atoms with Crippen molar-refractivity contribution in [2.24, 2.45) is 58.2 Å². The van der Waals surface area contributed by atoms with E-state index in [0.29, 0.717) is 6.04 Å². The van der Waals surface area contributed by atoms with Crippen LogP contribution in [0.15, 0.2) is 24.3 Å². The summed E-state index contributed by atoms with van der Waals surface area (Å²) in [6, 6.07) is 19.0. The van der Waals surface area contributed by atoms with Crippen molar-refractivity contribution < 1.29 is 0 Å². The molecule has 18 rings (SSSR count). The van der Waals surface area contributed by atoms with Crippen molar-refractivity contribution in [2.75, 3.05) is 116 Å². The van der Waals surface area contributed by atoms with E-state index in [9.17, 15) is 0 Å². The molecule has 7 saturated carbocycles. The molecule has 104 heavy (non-hydrogen) atoms. The van der Waals surface area contributed by atoms with Gasteiger partial charge in [0, 0.05) is 112 Å². The molecule has 0 N–H and O–H groups in total. The summed E-state index contributed by atoms with van der Waals surface area (Å²) in [5.74, 6) is 8.40. The normalized spacial score (nSPS) is 39.7. The molecule has 17 aliphatic rings. The van der Waals surface area contributed by atoms with Crippen molar-refractivity contribution in [3.05, 3.63) is 35.4 Å². The van der Waals surface area contributed by atoms with Crippen LogP contribution in [0.4, 0.5) is 0 Å². The van der Waals surface area contributed by atoms with Crippen LogP contribution < -0.4 is 0 Å². The quantitative estimate of drug-likeness (QED) is 0.251. The van der Waals surface area contributed by atoms with Crippen LogP contribution in [0.25, 0.3) is 0 Å². The molecule has 0 radical (unpaired) electrons. The molecule has 602 valence electrons. The van der Waals surface area contributed by atoms with E-state index in [4.69, 9.17) is 0 Å². The molecule has 0 aromatic heterocycles. The molecule has 0 amide bonds. The summed E-state index contributed by atoms with van der Waals surface area (Å²) >= 11 is 0. The van der Waals surface area contributed by atoms with Gasteiger partial charge in [0.25, 0.3) is 0 Å². The number of benzene rings is 1. The van der Waals surface area contributed by atoms with Gasteiger partial charge in [-0.15, -0.1) is 0 Å². The van der Waals surface area contributed by atoms with Crippen LogP contribution in [0.3, 0.4) is 0 Å². The summed E-state index contributed by atoms with van der Waals surface area (Å²) in [6.45, 7) is 34.1. The van der Waals surface area contributed by atoms with E-state index in [1.807, 2.05) is 0 Å². The van der Waals surface area contributed by atoms with Crippen molar-refractivity contribution in [2.45, 2.75) is 392 Å². The van der Waals surface area contributed by atoms with Crippen molar-refractivity contribution in [3.63, 3.8) is 0 Å². The second-order valence-electron chi connectivity index (χ2n) is 40.4. The molecular formula is C94H176N10. The van der Waals surface area contributed by atoms with Crippen LogP contribution in [0.2, 0.25) is 0 Å². The highest BCUT2D eigenvalue weighted by Gasteiger charge is 2.45. The number of nitrogens with zero attached hydrogens (tertiary/aromatic N) is 10. The zero-order valence-electron chi connectivity index (χ0n) is 72.9. The minimum atomic E-state index is 0.694. The first-order valence-electron chi connectivity index (χ1n) is 45.9. The fourth-order valence-corrected chi connectivity index (χ4v) is 24.8. The van der Waals surface area contributed by atoms with Gasteiger partial charge >= 0.3 is 0 Å². The van der Waals surface area contributed by atoms with Crippen LogP contribution in [0.5, 0.6) is 0 Å². The molecule has 10 heterocycles. The highest BCUT2D eigenvalue weighted by Crippen LogP contribution is 2.49. The number of hydrogen-bond donors (Lipinski definition) is 0. The average molecular weight is 1450 g/mol. The second kappa shape index (κ2) is 42.1. The molecule has 1 aromatic carbocycles. The Hall–Kier alpha value is -1.18. The maximum absolute atomic E-state index is 2.60. The Morgan fingerprint density at radius 1 is 0.288 bits per heavy atom. The molecule has 0 bridgehead atoms. The average Bonchev–Trinajstić information content (AvgIpc) is 1.63. The molecule has 20 unspecified atom stereocenters. The van der Waals surface area contributed by atoms with Gasteiger partial charge in [0.15, 0.2) is 0 Å². The topological polar surface area (TPSA) is 32.4 Å². The van der Waals surface area contributed by atoms with Crippen LogP contribution in [0.1, 0.15) is 318 Å². The van der Waals surface area contributed by atoms with Gasteiger partial charge in [-0.1, -0.05) is 121 Å². The molecule has 9 saturated heterocycles. The summed E-state index contributed by atoms with van der Waals surface area (Å²) in [4.78, 5) is 25.1. The monoisotopic (exact) mass is 1450 g/mol. The predicted molar refractivity (Wildman–Crippen MR) is 451 cm³/mol. The Morgan fingerprint density at radius 3 is 1.15 bits per heavy atom. The van der Waals surface area contributed by atoms with Gasteiger partial charge in [-0.2, -0.15) is 0 Å². The number of hydrogen-bond acceptors (Lipinski definition) is 10. The maximum atomic E-state index is 2.60. The lowest BCUT2D eigenvalue weighted by Gasteiger charge is -2.43. The molecule has 2 spiro atoms. The third kappa shape index (κ3) is 24.4. The summed E-state index contributed by atoms with van der Waals surface area (Å²) < 4.78 is 0. The first-order chi connectivity index (χ1) is 49.7. The van der Waals surface area contributed by atoms with Crippen molar-refractivity contribution >= 4 is 0 Å². The SMILES string of the molecule is CC1C2CCCC2CN1C.CC1C2CCCCC2CN1C.CC1CC2(CCCC2)CN1C.CC1CC2(CCCCC2)CN1C.CC1CC2CCCC2N1C.CC1CC2CCCCC2CN1C.CC1CC2CCCCC2N1C.CC1CCCCN1C.CC1CCCN1C.CC1Cc2ccccc2CN1C. The molecule has 16 fully saturated rings. The highest BCUT2D eigenvalue weighted by molar-refractivity contribution is 5.29.